The van der Waals surface area contributed by atoms with Gasteiger partial charge in [-0.15, -0.1) is 0 Å². The Morgan fingerprint density at radius 1 is 0.298 bits per heavy atom. The summed E-state index contributed by atoms with van der Waals surface area (Å²) in [5.41, 5.74) is 10.9. The lowest BCUT2D eigenvalue weighted by Crippen LogP contribution is -2.06. The van der Waals surface area contributed by atoms with Crippen LogP contribution in [0.3, 0.4) is 0 Å². The minimum Gasteiger partial charge on any atom is -0.278 e. The van der Waals surface area contributed by atoms with Crippen LogP contribution in [0.4, 0.5) is 0 Å². The van der Waals surface area contributed by atoms with Crippen molar-refractivity contribution in [2.24, 2.45) is 0 Å². The van der Waals surface area contributed by atoms with Gasteiger partial charge >= 0.3 is 0 Å². The van der Waals surface area contributed by atoms with Crippen molar-refractivity contribution in [3.05, 3.63) is 206 Å². The van der Waals surface area contributed by atoms with Crippen molar-refractivity contribution in [3.63, 3.8) is 0 Å². The lowest BCUT2D eigenvalue weighted by molar-refractivity contribution is 0.954. The SMILES string of the molecule is c1ccc(-c2ccc3c4c5ccccc5c(-c5ccc(-c6ccc7ccccc7c6)cc5)cc4n(-c4nc(-c5ccccc5)nc(-c5ccccc5)n4)c3c2)cc1. The van der Waals surface area contributed by atoms with E-state index in [1.807, 2.05) is 36.4 Å². The van der Waals surface area contributed by atoms with E-state index in [0.29, 0.717) is 17.6 Å². The van der Waals surface area contributed by atoms with Gasteiger partial charge in [0.1, 0.15) is 0 Å². The fraction of sp³-hybridized carbons (Fsp3) is 0. The fourth-order valence-electron chi connectivity index (χ4n) is 8.25. The van der Waals surface area contributed by atoms with E-state index in [0.717, 1.165) is 49.8 Å². The molecule has 9 aromatic carbocycles. The van der Waals surface area contributed by atoms with Crippen molar-refractivity contribution in [1.82, 2.24) is 19.5 Å². The molecule has 0 aliphatic carbocycles. The highest BCUT2D eigenvalue weighted by molar-refractivity contribution is 6.24. The van der Waals surface area contributed by atoms with Crippen LogP contribution in [-0.2, 0) is 0 Å². The molecule has 0 N–H and O–H groups in total. The summed E-state index contributed by atoms with van der Waals surface area (Å²) in [6, 6.07) is 73.0. The predicted molar refractivity (Wildman–Crippen MR) is 236 cm³/mol. The minimum atomic E-state index is 0.570. The van der Waals surface area contributed by atoms with Gasteiger partial charge in [-0.2, -0.15) is 9.97 Å². The molecule has 0 saturated heterocycles. The Labute approximate surface area is 330 Å². The van der Waals surface area contributed by atoms with Gasteiger partial charge < -0.3 is 0 Å². The molecule has 0 radical (unpaired) electrons. The summed E-state index contributed by atoms with van der Waals surface area (Å²) in [6.45, 7) is 0. The van der Waals surface area contributed by atoms with Crippen molar-refractivity contribution in [2.75, 3.05) is 0 Å². The zero-order chi connectivity index (χ0) is 37.7. The summed E-state index contributed by atoms with van der Waals surface area (Å²) < 4.78 is 2.25. The van der Waals surface area contributed by atoms with Crippen LogP contribution in [0.1, 0.15) is 0 Å². The standard InChI is InChI=1S/C53H34N4/c1-4-14-35(15-5-1)43-30-31-46-48(33-43)57(53-55-51(39-17-6-2-7-18-39)54-52(56-53)40-19-8-3-9-20-40)49-34-47(44-22-12-13-23-45(44)50(46)49)38-27-24-37(25-28-38)42-29-26-36-16-10-11-21-41(36)32-42/h1-34H. The molecule has 0 amide bonds. The van der Waals surface area contributed by atoms with Crippen LogP contribution in [0.25, 0.3) is 105 Å². The summed E-state index contributed by atoms with van der Waals surface area (Å²) in [4.78, 5) is 15.6. The van der Waals surface area contributed by atoms with Gasteiger partial charge in [0.2, 0.25) is 5.95 Å². The molecular weight excluding hydrogens is 693 g/mol. The smallest absolute Gasteiger partial charge is 0.238 e. The number of rotatable bonds is 6. The summed E-state index contributed by atoms with van der Waals surface area (Å²) in [5, 5.41) is 7.17. The summed E-state index contributed by atoms with van der Waals surface area (Å²) in [5.74, 6) is 1.82. The van der Waals surface area contributed by atoms with Crippen molar-refractivity contribution < 1.29 is 0 Å². The van der Waals surface area contributed by atoms with E-state index in [1.165, 1.54) is 38.1 Å². The first-order valence-electron chi connectivity index (χ1n) is 19.3. The van der Waals surface area contributed by atoms with E-state index >= 15 is 0 Å². The highest BCUT2D eigenvalue weighted by atomic mass is 15.2. The second kappa shape index (κ2) is 13.6. The maximum Gasteiger partial charge on any atom is 0.238 e. The molecule has 57 heavy (non-hydrogen) atoms. The predicted octanol–water partition coefficient (Wildman–Crippen LogP) is 13.6. The Morgan fingerprint density at radius 3 is 1.49 bits per heavy atom. The first-order valence-corrected chi connectivity index (χ1v) is 19.3. The first-order chi connectivity index (χ1) is 28.2. The van der Waals surface area contributed by atoms with Crippen LogP contribution in [0, 0.1) is 0 Å². The van der Waals surface area contributed by atoms with Crippen molar-refractivity contribution in [2.45, 2.75) is 0 Å². The van der Waals surface area contributed by atoms with Crippen LogP contribution >= 0.6 is 0 Å². The number of nitrogens with zero attached hydrogens (tertiary/aromatic N) is 4. The minimum absolute atomic E-state index is 0.570. The Kier molecular flexibility index (Phi) is 7.78. The van der Waals surface area contributed by atoms with Crippen molar-refractivity contribution in [1.29, 1.82) is 0 Å². The third-order valence-electron chi connectivity index (χ3n) is 11.0. The molecule has 0 bridgehead atoms. The molecule has 0 saturated carbocycles. The molecule has 11 aromatic rings. The van der Waals surface area contributed by atoms with E-state index in [2.05, 4.69) is 174 Å². The Balaban J connectivity index is 1.19. The highest BCUT2D eigenvalue weighted by Gasteiger charge is 2.22. The van der Waals surface area contributed by atoms with Crippen LogP contribution in [0.5, 0.6) is 0 Å². The Morgan fingerprint density at radius 2 is 0.807 bits per heavy atom. The monoisotopic (exact) mass is 726 g/mol. The zero-order valence-corrected chi connectivity index (χ0v) is 30.9. The lowest BCUT2D eigenvalue weighted by atomic mass is 9.93. The molecule has 2 aromatic heterocycles. The molecule has 0 unspecified atom stereocenters. The topological polar surface area (TPSA) is 43.6 Å². The third kappa shape index (κ3) is 5.74. The van der Waals surface area contributed by atoms with Gasteiger partial charge in [0.15, 0.2) is 11.6 Å². The molecule has 2 heterocycles. The van der Waals surface area contributed by atoms with Gasteiger partial charge in [-0.1, -0.05) is 188 Å². The molecule has 0 spiro atoms. The number of hydrogen-bond donors (Lipinski definition) is 0. The molecule has 4 nitrogen and oxygen atoms in total. The average molecular weight is 727 g/mol. The average Bonchev–Trinajstić information content (AvgIpc) is 3.63. The molecule has 0 atom stereocenters. The summed E-state index contributed by atoms with van der Waals surface area (Å²) >= 11 is 0. The van der Waals surface area contributed by atoms with Gasteiger partial charge in [0.05, 0.1) is 11.0 Å². The molecule has 11 rings (SSSR count). The molecule has 266 valence electrons. The fourth-order valence-corrected chi connectivity index (χ4v) is 8.25. The Hall–Kier alpha value is -7.69. The van der Waals surface area contributed by atoms with Crippen molar-refractivity contribution >= 4 is 43.4 Å². The van der Waals surface area contributed by atoms with E-state index in [4.69, 9.17) is 15.0 Å². The maximum absolute atomic E-state index is 5.26. The number of benzene rings is 9. The van der Waals surface area contributed by atoms with Crippen LogP contribution in [0.15, 0.2) is 206 Å². The van der Waals surface area contributed by atoms with E-state index < -0.39 is 0 Å². The second-order valence-corrected chi connectivity index (χ2v) is 14.5. The van der Waals surface area contributed by atoms with Crippen LogP contribution < -0.4 is 0 Å². The summed E-state index contributed by atoms with van der Waals surface area (Å²) in [7, 11) is 0. The Bertz CT molecular complexity index is 3200. The van der Waals surface area contributed by atoms with E-state index in [9.17, 15) is 0 Å². The zero-order valence-electron chi connectivity index (χ0n) is 30.9. The van der Waals surface area contributed by atoms with Gasteiger partial charge in [-0.05, 0) is 73.1 Å². The van der Waals surface area contributed by atoms with E-state index in [-0.39, 0.29) is 0 Å². The summed E-state index contributed by atoms with van der Waals surface area (Å²) in [6.07, 6.45) is 0. The molecule has 0 fully saturated rings. The van der Waals surface area contributed by atoms with Gasteiger partial charge in [-0.25, -0.2) is 4.98 Å². The second-order valence-electron chi connectivity index (χ2n) is 14.5. The molecule has 4 heteroatoms. The molecule has 0 aliphatic heterocycles. The highest BCUT2D eigenvalue weighted by Crippen LogP contribution is 2.43. The van der Waals surface area contributed by atoms with Crippen molar-refractivity contribution in [3.8, 4) is 62.1 Å². The number of aromatic nitrogens is 4. The normalized spacial score (nSPS) is 11.5. The quantitative estimate of drug-likeness (QED) is 0.171. The third-order valence-corrected chi connectivity index (χ3v) is 11.0. The van der Waals surface area contributed by atoms with Gasteiger partial charge in [-0.3, -0.25) is 4.57 Å². The number of fused-ring (bicyclic) bond motifs is 6. The van der Waals surface area contributed by atoms with E-state index in [1.54, 1.807) is 0 Å². The first kappa shape index (κ1) is 32.7. The van der Waals surface area contributed by atoms with Gasteiger partial charge in [0.25, 0.3) is 0 Å². The lowest BCUT2D eigenvalue weighted by Gasteiger charge is -2.13. The van der Waals surface area contributed by atoms with Gasteiger partial charge in [0, 0.05) is 21.9 Å². The van der Waals surface area contributed by atoms with Crippen LogP contribution in [0.2, 0.25) is 0 Å². The number of hydrogen-bond acceptors (Lipinski definition) is 3. The molecule has 0 aliphatic rings. The molecular formula is C53H34N4. The maximum atomic E-state index is 5.26. The van der Waals surface area contributed by atoms with Crippen LogP contribution in [-0.4, -0.2) is 19.5 Å². The largest absolute Gasteiger partial charge is 0.278 e.